The summed E-state index contributed by atoms with van der Waals surface area (Å²) in [5.74, 6) is 0.152. The number of nitrogens with zero attached hydrogens (tertiary/aromatic N) is 1. The van der Waals surface area contributed by atoms with Crippen molar-refractivity contribution in [2.45, 2.75) is 39.0 Å². The summed E-state index contributed by atoms with van der Waals surface area (Å²) in [4.78, 5) is 39.0. The van der Waals surface area contributed by atoms with Gasteiger partial charge in [0, 0.05) is 30.6 Å². The van der Waals surface area contributed by atoms with E-state index in [0.717, 1.165) is 30.5 Å². The summed E-state index contributed by atoms with van der Waals surface area (Å²) >= 11 is 0. The van der Waals surface area contributed by atoms with Gasteiger partial charge in [-0.05, 0) is 37.8 Å². The molecule has 2 aliphatic rings. The van der Waals surface area contributed by atoms with Crippen molar-refractivity contribution in [2.75, 3.05) is 18.0 Å². The highest BCUT2D eigenvalue weighted by Gasteiger charge is 2.29. The molecule has 1 aliphatic heterocycles. The van der Waals surface area contributed by atoms with E-state index in [-0.39, 0.29) is 24.0 Å². The van der Waals surface area contributed by atoms with Crippen molar-refractivity contribution in [1.29, 1.82) is 0 Å². The Kier molecular flexibility index (Phi) is 4.56. The van der Waals surface area contributed by atoms with E-state index in [9.17, 15) is 14.4 Å². The second-order valence-corrected chi connectivity index (χ2v) is 7.09. The van der Waals surface area contributed by atoms with Crippen molar-refractivity contribution >= 4 is 23.3 Å². The number of Topliss-reactive ketones (excluding diaryl/α,β-unsaturated/α-hetero) is 1. The number of fused-ring (bicyclic) bond motifs is 2. The molecule has 27 heavy (non-hydrogen) atoms. The van der Waals surface area contributed by atoms with Gasteiger partial charge in [0.15, 0.2) is 11.5 Å². The average molecular weight is 366 g/mol. The quantitative estimate of drug-likeness (QED) is 0.906. The SMILES string of the molecule is Cc1c(C(=O)NCC(=O)N2CCCc3ccccc32)oc2c1C(=O)CCC2. The first-order valence-electron chi connectivity index (χ1n) is 9.38. The summed E-state index contributed by atoms with van der Waals surface area (Å²) in [7, 11) is 0. The highest BCUT2D eigenvalue weighted by atomic mass is 16.4. The van der Waals surface area contributed by atoms with E-state index in [2.05, 4.69) is 5.32 Å². The summed E-state index contributed by atoms with van der Waals surface area (Å²) in [6.45, 7) is 2.27. The Morgan fingerprint density at radius 1 is 1.15 bits per heavy atom. The van der Waals surface area contributed by atoms with Crippen molar-refractivity contribution in [1.82, 2.24) is 5.32 Å². The third-order valence-corrected chi connectivity index (χ3v) is 5.32. The monoisotopic (exact) mass is 366 g/mol. The number of hydrogen-bond donors (Lipinski definition) is 1. The van der Waals surface area contributed by atoms with E-state index in [1.807, 2.05) is 24.3 Å². The maximum atomic E-state index is 12.7. The summed E-state index contributed by atoms with van der Waals surface area (Å²) in [6, 6.07) is 7.85. The van der Waals surface area contributed by atoms with Crippen molar-refractivity contribution in [2.24, 2.45) is 0 Å². The van der Waals surface area contributed by atoms with Crippen LogP contribution in [0.5, 0.6) is 0 Å². The van der Waals surface area contributed by atoms with Gasteiger partial charge in [0.1, 0.15) is 5.76 Å². The van der Waals surface area contributed by atoms with Gasteiger partial charge in [-0.1, -0.05) is 18.2 Å². The molecule has 1 aromatic carbocycles. The van der Waals surface area contributed by atoms with Crippen LogP contribution in [0.25, 0.3) is 0 Å². The summed E-state index contributed by atoms with van der Waals surface area (Å²) in [5.41, 5.74) is 3.18. The molecule has 2 heterocycles. The summed E-state index contributed by atoms with van der Waals surface area (Å²) in [6.07, 6.45) is 3.76. The molecule has 6 nitrogen and oxygen atoms in total. The molecule has 2 amide bonds. The van der Waals surface area contributed by atoms with Crippen molar-refractivity contribution in [3.8, 4) is 0 Å². The fraction of sp³-hybridized carbons (Fsp3) is 0.381. The Morgan fingerprint density at radius 3 is 2.78 bits per heavy atom. The first-order chi connectivity index (χ1) is 13.1. The van der Waals surface area contributed by atoms with Gasteiger partial charge in [-0.25, -0.2) is 0 Å². The number of carbonyl (C=O) groups excluding carboxylic acids is 3. The van der Waals surface area contributed by atoms with Crippen LogP contribution in [-0.2, 0) is 17.6 Å². The van der Waals surface area contributed by atoms with Crippen LogP contribution in [-0.4, -0.2) is 30.7 Å². The minimum Gasteiger partial charge on any atom is -0.455 e. The summed E-state index contributed by atoms with van der Waals surface area (Å²) in [5, 5.41) is 2.66. The number of para-hydroxylation sites is 1. The lowest BCUT2D eigenvalue weighted by molar-refractivity contribution is -0.117. The maximum Gasteiger partial charge on any atom is 0.287 e. The number of nitrogens with one attached hydrogen (secondary N) is 1. The predicted octanol–water partition coefficient (Wildman–Crippen LogP) is 2.82. The molecule has 0 spiro atoms. The van der Waals surface area contributed by atoms with Gasteiger partial charge in [0.05, 0.1) is 12.1 Å². The number of rotatable bonds is 3. The molecule has 0 radical (unpaired) electrons. The van der Waals surface area contributed by atoms with E-state index < -0.39 is 5.91 Å². The molecule has 0 unspecified atom stereocenters. The highest BCUT2D eigenvalue weighted by Crippen LogP contribution is 2.29. The van der Waals surface area contributed by atoms with Gasteiger partial charge >= 0.3 is 0 Å². The Labute approximate surface area is 157 Å². The van der Waals surface area contributed by atoms with Gasteiger partial charge in [0.25, 0.3) is 5.91 Å². The number of amides is 2. The van der Waals surface area contributed by atoms with Crippen LogP contribution >= 0.6 is 0 Å². The van der Waals surface area contributed by atoms with Crippen LogP contribution in [0.4, 0.5) is 5.69 Å². The number of ketones is 1. The number of furan rings is 1. The van der Waals surface area contributed by atoms with Crippen LogP contribution in [0.15, 0.2) is 28.7 Å². The van der Waals surface area contributed by atoms with Crippen molar-refractivity contribution in [3.05, 3.63) is 52.5 Å². The predicted molar refractivity (Wildman–Crippen MR) is 100 cm³/mol. The molecule has 0 atom stereocenters. The lowest BCUT2D eigenvalue weighted by Crippen LogP contribution is -2.42. The molecule has 1 N–H and O–H groups in total. The molecule has 1 aromatic heterocycles. The fourth-order valence-corrected chi connectivity index (χ4v) is 3.99. The molecular formula is C21H22N2O4. The fourth-order valence-electron chi connectivity index (χ4n) is 3.99. The Morgan fingerprint density at radius 2 is 1.96 bits per heavy atom. The minimum atomic E-state index is -0.451. The molecule has 6 heteroatoms. The normalized spacial score (nSPS) is 15.9. The maximum absolute atomic E-state index is 12.7. The molecule has 0 saturated carbocycles. The zero-order valence-corrected chi connectivity index (χ0v) is 15.3. The first kappa shape index (κ1) is 17.5. The number of anilines is 1. The summed E-state index contributed by atoms with van der Waals surface area (Å²) < 4.78 is 5.65. The largest absolute Gasteiger partial charge is 0.455 e. The molecule has 4 rings (SSSR count). The third kappa shape index (κ3) is 3.16. The molecular weight excluding hydrogens is 344 g/mol. The van der Waals surface area contributed by atoms with E-state index in [1.165, 1.54) is 0 Å². The van der Waals surface area contributed by atoms with Crippen molar-refractivity contribution < 1.29 is 18.8 Å². The molecule has 1 aliphatic carbocycles. The van der Waals surface area contributed by atoms with Gasteiger partial charge in [-0.2, -0.15) is 0 Å². The van der Waals surface area contributed by atoms with E-state index in [4.69, 9.17) is 4.42 Å². The Balaban J connectivity index is 1.46. The van der Waals surface area contributed by atoms with Gasteiger partial charge in [0.2, 0.25) is 5.91 Å². The second-order valence-electron chi connectivity index (χ2n) is 7.09. The van der Waals surface area contributed by atoms with Crippen LogP contribution in [0.2, 0.25) is 0 Å². The smallest absolute Gasteiger partial charge is 0.287 e. The van der Waals surface area contributed by atoms with Crippen LogP contribution in [0.3, 0.4) is 0 Å². The average Bonchev–Trinajstić information content (AvgIpc) is 3.03. The first-order valence-corrected chi connectivity index (χ1v) is 9.38. The number of benzene rings is 1. The lowest BCUT2D eigenvalue weighted by Gasteiger charge is -2.29. The number of carbonyl (C=O) groups is 3. The van der Waals surface area contributed by atoms with Crippen molar-refractivity contribution in [3.63, 3.8) is 0 Å². The van der Waals surface area contributed by atoms with Crippen LogP contribution in [0, 0.1) is 6.92 Å². The Bertz CT molecular complexity index is 928. The zero-order valence-electron chi connectivity index (χ0n) is 15.3. The van der Waals surface area contributed by atoms with Crippen LogP contribution in [0.1, 0.15) is 57.1 Å². The van der Waals surface area contributed by atoms with E-state index >= 15 is 0 Å². The molecule has 2 aromatic rings. The van der Waals surface area contributed by atoms with Gasteiger partial charge in [-0.15, -0.1) is 0 Å². The van der Waals surface area contributed by atoms with E-state index in [1.54, 1.807) is 11.8 Å². The van der Waals surface area contributed by atoms with Crippen LogP contribution < -0.4 is 10.2 Å². The standard InChI is InChI=1S/C21H22N2O4/c1-13-19-16(24)9-4-10-17(19)27-20(13)21(26)22-12-18(25)23-11-5-7-14-6-2-3-8-15(14)23/h2-3,6,8H,4-5,7,9-12H2,1H3,(H,22,26). The second kappa shape index (κ2) is 7.02. The third-order valence-electron chi connectivity index (χ3n) is 5.32. The molecule has 0 saturated heterocycles. The minimum absolute atomic E-state index is 0.0255. The molecule has 140 valence electrons. The zero-order chi connectivity index (χ0) is 19.0. The molecule has 0 fully saturated rings. The molecule has 0 bridgehead atoms. The van der Waals surface area contributed by atoms with Gasteiger partial charge in [-0.3, -0.25) is 14.4 Å². The number of hydrogen-bond acceptors (Lipinski definition) is 4. The Hall–Kier alpha value is -2.89. The van der Waals surface area contributed by atoms with Gasteiger partial charge < -0.3 is 14.6 Å². The number of aryl methyl sites for hydroxylation is 2. The topological polar surface area (TPSA) is 79.6 Å². The highest BCUT2D eigenvalue weighted by molar-refractivity contribution is 6.04. The lowest BCUT2D eigenvalue weighted by atomic mass is 9.94. The van der Waals surface area contributed by atoms with E-state index in [0.29, 0.717) is 36.3 Å².